The van der Waals surface area contributed by atoms with E-state index >= 15 is 0 Å². The summed E-state index contributed by atoms with van der Waals surface area (Å²) in [6, 6.07) is 0. The summed E-state index contributed by atoms with van der Waals surface area (Å²) in [5.74, 6) is 0. The van der Waals surface area contributed by atoms with Crippen LogP contribution in [-0.2, 0) is 10.1 Å². The van der Waals surface area contributed by atoms with Crippen LogP contribution >= 0.6 is 0 Å². The Morgan fingerprint density at radius 1 is 0.957 bits per heavy atom. The van der Waals surface area contributed by atoms with Crippen molar-refractivity contribution >= 4 is 10.1 Å². The quantitative estimate of drug-likeness (QED) is 0.298. The van der Waals surface area contributed by atoms with Crippen molar-refractivity contribution in [2.45, 2.75) is 70.7 Å². The fourth-order valence-corrected chi connectivity index (χ4v) is 2.93. The topological polar surface area (TPSA) is 57.2 Å². The molecule has 0 atom stereocenters. The van der Waals surface area contributed by atoms with E-state index in [-0.39, 0.29) is 0 Å². The van der Waals surface area contributed by atoms with Gasteiger partial charge in [-0.15, -0.1) is 0 Å². The largest absolute Gasteiger partial charge is 0.741 e. The first kappa shape index (κ1) is 22.7. The normalized spacial score (nSPS) is 18.2. The third-order valence-corrected chi connectivity index (χ3v) is 5.02. The molecular formula is C15H30F3NO3S. The van der Waals surface area contributed by atoms with E-state index in [0.29, 0.717) is 0 Å². The number of hydrogen-bond donors (Lipinski definition) is 0. The molecule has 1 rings (SSSR count). The highest BCUT2D eigenvalue weighted by atomic mass is 32.2. The zero-order chi connectivity index (χ0) is 18.0. The van der Waals surface area contributed by atoms with E-state index in [1.807, 2.05) is 0 Å². The molecule has 23 heavy (non-hydrogen) atoms. The van der Waals surface area contributed by atoms with E-state index < -0.39 is 15.6 Å². The minimum atomic E-state index is -6.09. The van der Waals surface area contributed by atoms with Crippen LogP contribution in [0.4, 0.5) is 13.2 Å². The highest BCUT2D eigenvalue weighted by molar-refractivity contribution is 7.86. The Labute approximate surface area is 138 Å². The monoisotopic (exact) mass is 361 g/mol. The van der Waals surface area contributed by atoms with Gasteiger partial charge in [0.05, 0.1) is 26.2 Å². The lowest BCUT2D eigenvalue weighted by Gasteiger charge is -2.41. The zero-order valence-electron chi connectivity index (χ0n) is 14.2. The van der Waals surface area contributed by atoms with Crippen LogP contribution in [0.1, 0.15) is 65.2 Å². The standard InChI is InChI=1S/C14H30N.CHF3O3S/c1-3-5-6-7-9-12-15(4-2)13-10-8-11-14-15;2-1(3,4)8(5,6)7/h3-14H2,1-2H3;(H,5,6,7)/q+1;/p-1. The van der Waals surface area contributed by atoms with Crippen LogP contribution in [0.2, 0.25) is 0 Å². The molecule has 0 amide bonds. The second kappa shape index (κ2) is 10.5. The second-order valence-corrected chi connectivity index (χ2v) is 7.57. The van der Waals surface area contributed by atoms with Gasteiger partial charge in [0, 0.05) is 0 Å². The van der Waals surface area contributed by atoms with Crippen LogP contribution in [0.25, 0.3) is 0 Å². The SMILES string of the molecule is CCCCCCC[N+]1(CC)CCCCC1.O=S(=O)([O-])C(F)(F)F. The number of hydrogen-bond acceptors (Lipinski definition) is 3. The number of likely N-dealkylation sites (tertiary alicyclic amines) is 1. The first-order chi connectivity index (χ1) is 10.6. The van der Waals surface area contributed by atoms with Gasteiger partial charge >= 0.3 is 5.51 Å². The Hall–Kier alpha value is -0.340. The molecular weight excluding hydrogens is 331 g/mol. The minimum absolute atomic E-state index is 1.37. The van der Waals surface area contributed by atoms with Gasteiger partial charge in [-0.3, -0.25) is 0 Å². The van der Waals surface area contributed by atoms with Crippen molar-refractivity contribution in [3.8, 4) is 0 Å². The van der Waals surface area contributed by atoms with Crippen molar-refractivity contribution in [1.29, 1.82) is 0 Å². The maximum atomic E-state index is 10.7. The van der Waals surface area contributed by atoms with E-state index in [2.05, 4.69) is 13.8 Å². The molecule has 1 aliphatic heterocycles. The molecule has 140 valence electrons. The summed E-state index contributed by atoms with van der Waals surface area (Å²) in [7, 11) is -6.09. The van der Waals surface area contributed by atoms with Gasteiger partial charge in [0.2, 0.25) is 0 Å². The molecule has 0 aromatic heterocycles. The average molecular weight is 361 g/mol. The molecule has 0 radical (unpaired) electrons. The number of halogens is 3. The van der Waals surface area contributed by atoms with Gasteiger partial charge in [0.25, 0.3) is 0 Å². The summed E-state index contributed by atoms with van der Waals surface area (Å²) < 4.78 is 60.3. The van der Waals surface area contributed by atoms with E-state index in [9.17, 15) is 13.2 Å². The van der Waals surface area contributed by atoms with E-state index in [1.165, 1.54) is 82.0 Å². The molecule has 1 saturated heterocycles. The van der Waals surface area contributed by atoms with E-state index in [4.69, 9.17) is 13.0 Å². The lowest BCUT2D eigenvalue weighted by atomic mass is 10.1. The predicted octanol–water partition coefficient (Wildman–Crippen LogP) is 4.03. The molecule has 0 N–H and O–H groups in total. The zero-order valence-corrected chi connectivity index (χ0v) is 15.0. The van der Waals surface area contributed by atoms with Crippen molar-refractivity contribution < 1.29 is 30.6 Å². The third-order valence-electron chi connectivity index (χ3n) is 4.46. The molecule has 0 spiro atoms. The summed E-state index contributed by atoms with van der Waals surface area (Å²) in [6.45, 7) is 10.4. The van der Waals surface area contributed by atoms with Gasteiger partial charge in [-0.05, 0) is 39.0 Å². The molecule has 0 bridgehead atoms. The van der Waals surface area contributed by atoms with Crippen molar-refractivity contribution in [2.75, 3.05) is 26.2 Å². The van der Waals surface area contributed by atoms with Gasteiger partial charge in [-0.1, -0.05) is 26.2 Å². The molecule has 8 heteroatoms. The predicted molar refractivity (Wildman–Crippen MR) is 83.8 cm³/mol. The Morgan fingerprint density at radius 2 is 1.43 bits per heavy atom. The maximum absolute atomic E-state index is 10.7. The second-order valence-electron chi connectivity index (χ2n) is 6.20. The maximum Gasteiger partial charge on any atom is 0.485 e. The molecule has 0 aromatic carbocycles. The number of nitrogens with zero attached hydrogens (tertiary/aromatic N) is 1. The number of rotatable bonds is 7. The fourth-order valence-electron chi connectivity index (χ4n) is 2.93. The number of unbranched alkanes of at least 4 members (excludes halogenated alkanes) is 4. The van der Waals surface area contributed by atoms with E-state index in [1.54, 1.807) is 0 Å². The van der Waals surface area contributed by atoms with Crippen LogP contribution in [0, 0.1) is 0 Å². The smallest absolute Gasteiger partial charge is 0.485 e. The number of alkyl halides is 3. The molecule has 0 saturated carbocycles. The first-order valence-electron chi connectivity index (χ1n) is 8.45. The van der Waals surface area contributed by atoms with Gasteiger partial charge in [0.1, 0.15) is 0 Å². The number of quaternary nitrogens is 1. The Kier molecular flexibility index (Phi) is 10.4. The summed E-state index contributed by atoms with van der Waals surface area (Å²) in [5.41, 5.74) is -5.65. The summed E-state index contributed by atoms with van der Waals surface area (Å²) in [6.07, 6.45) is 11.6. The van der Waals surface area contributed by atoms with Crippen LogP contribution in [0.5, 0.6) is 0 Å². The first-order valence-corrected chi connectivity index (χ1v) is 9.86. The molecule has 0 aliphatic carbocycles. The molecule has 0 aromatic rings. The van der Waals surface area contributed by atoms with Crippen LogP contribution < -0.4 is 0 Å². The van der Waals surface area contributed by atoms with Gasteiger partial charge in [-0.25, -0.2) is 8.42 Å². The van der Waals surface area contributed by atoms with Gasteiger partial charge in [-0.2, -0.15) is 13.2 Å². The minimum Gasteiger partial charge on any atom is -0.741 e. The molecule has 1 aliphatic rings. The fraction of sp³-hybridized carbons (Fsp3) is 1.00. The molecule has 1 heterocycles. The Balaban J connectivity index is 0.000000515. The highest BCUT2D eigenvalue weighted by Gasteiger charge is 2.36. The summed E-state index contributed by atoms with van der Waals surface area (Å²) in [4.78, 5) is 0. The van der Waals surface area contributed by atoms with Crippen LogP contribution in [0.3, 0.4) is 0 Å². The van der Waals surface area contributed by atoms with Crippen molar-refractivity contribution in [3.63, 3.8) is 0 Å². The molecule has 0 unspecified atom stereocenters. The Bertz CT molecular complexity index is 405. The van der Waals surface area contributed by atoms with Gasteiger partial charge < -0.3 is 9.04 Å². The van der Waals surface area contributed by atoms with Crippen LogP contribution in [-0.4, -0.2) is 49.1 Å². The number of piperidine rings is 1. The third kappa shape index (κ3) is 9.52. The van der Waals surface area contributed by atoms with Crippen molar-refractivity contribution in [3.05, 3.63) is 0 Å². The van der Waals surface area contributed by atoms with Crippen LogP contribution in [0.15, 0.2) is 0 Å². The van der Waals surface area contributed by atoms with Crippen molar-refractivity contribution in [1.82, 2.24) is 0 Å². The lowest BCUT2D eigenvalue weighted by molar-refractivity contribution is -0.931. The molecule has 1 fully saturated rings. The average Bonchev–Trinajstić information content (AvgIpc) is 2.47. The van der Waals surface area contributed by atoms with Gasteiger partial charge in [0.15, 0.2) is 10.1 Å². The summed E-state index contributed by atoms with van der Waals surface area (Å²) >= 11 is 0. The van der Waals surface area contributed by atoms with Crippen molar-refractivity contribution in [2.24, 2.45) is 0 Å². The Morgan fingerprint density at radius 3 is 1.83 bits per heavy atom. The highest BCUT2D eigenvalue weighted by Crippen LogP contribution is 2.21. The van der Waals surface area contributed by atoms with E-state index in [0.717, 1.165) is 0 Å². The molecule has 4 nitrogen and oxygen atoms in total. The summed E-state index contributed by atoms with van der Waals surface area (Å²) in [5, 5.41) is 0. The lowest BCUT2D eigenvalue weighted by Crippen LogP contribution is -2.51.